The predicted octanol–water partition coefficient (Wildman–Crippen LogP) is 3.51. The Morgan fingerprint density at radius 1 is 1.10 bits per heavy atom. The largest absolute Gasteiger partial charge is 0.329 e. The molecule has 0 saturated carbocycles. The number of amides is 3. The lowest BCUT2D eigenvalue weighted by Crippen LogP contribution is -2.47. The summed E-state index contributed by atoms with van der Waals surface area (Å²) < 4.78 is 27.6. The van der Waals surface area contributed by atoms with Crippen LogP contribution in [0.1, 0.15) is 17.2 Å². The molecule has 0 spiro atoms. The second kappa shape index (κ2) is 7.50. The van der Waals surface area contributed by atoms with Gasteiger partial charge in [0.15, 0.2) is 0 Å². The summed E-state index contributed by atoms with van der Waals surface area (Å²) in [5, 5.41) is 2.75. The van der Waals surface area contributed by atoms with Gasteiger partial charge in [0.1, 0.15) is 11.6 Å². The van der Waals surface area contributed by atoms with Gasteiger partial charge in [0.2, 0.25) is 0 Å². The Hall–Kier alpha value is -3.48. The highest BCUT2D eigenvalue weighted by Gasteiger charge is 2.44. The maximum atomic E-state index is 14.4. The van der Waals surface area contributed by atoms with E-state index in [1.165, 1.54) is 23.1 Å². The van der Waals surface area contributed by atoms with Crippen molar-refractivity contribution in [2.75, 3.05) is 13.1 Å². The van der Waals surface area contributed by atoms with Gasteiger partial charge in [-0.2, -0.15) is 0 Å². The zero-order valence-electron chi connectivity index (χ0n) is 15.6. The van der Waals surface area contributed by atoms with Gasteiger partial charge in [0.25, 0.3) is 5.91 Å². The Morgan fingerprint density at radius 3 is 2.52 bits per heavy atom. The second-order valence-electron chi connectivity index (χ2n) is 6.95. The number of benzene rings is 2. The molecule has 2 aliphatic heterocycles. The van der Waals surface area contributed by atoms with Crippen molar-refractivity contribution in [1.29, 1.82) is 0 Å². The molecule has 0 aromatic heterocycles. The topological polar surface area (TPSA) is 52.7 Å². The second-order valence-corrected chi connectivity index (χ2v) is 6.95. The van der Waals surface area contributed by atoms with Gasteiger partial charge in [-0.1, -0.05) is 36.4 Å². The molecule has 0 saturated heterocycles. The van der Waals surface area contributed by atoms with Crippen LogP contribution < -0.4 is 5.32 Å². The van der Waals surface area contributed by atoms with Crippen molar-refractivity contribution in [3.63, 3.8) is 0 Å². The van der Waals surface area contributed by atoms with Gasteiger partial charge in [0.05, 0.1) is 23.9 Å². The molecule has 0 radical (unpaired) electrons. The van der Waals surface area contributed by atoms with Crippen LogP contribution in [-0.2, 0) is 11.3 Å². The first kappa shape index (κ1) is 18.9. The van der Waals surface area contributed by atoms with Crippen LogP contribution in [0.2, 0.25) is 0 Å². The van der Waals surface area contributed by atoms with Gasteiger partial charge < -0.3 is 10.2 Å². The summed E-state index contributed by atoms with van der Waals surface area (Å²) in [7, 11) is 0. The van der Waals surface area contributed by atoms with Gasteiger partial charge >= 0.3 is 6.03 Å². The van der Waals surface area contributed by atoms with E-state index < -0.39 is 17.9 Å². The van der Waals surface area contributed by atoms with E-state index in [0.717, 1.165) is 5.56 Å². The van der Waals surface area contributed by atoms with E-state index in [9.17, 15) is 18.4 Å². The lowest BCUT2D eigenvalue weighted by Gasteiger charge is -2.33. The van der Waals surface area contributed by atoms with Gasteiger partial charge in [-0.3, -0.25) is 9.69 Å². The zero-order valence-corrected chi connectivity index (χ0v) is 15.6. The van der Waals surface area contributed by atoms with Crippen molar-refractivity contribution in [2.24, 2.45) is 0 Å². The average molecular weight is 395 g/mol. The fourth-order valence-electron chi connectivity index (χ4n) is 3.75. The molecule has 0 bridgehead atoms. The first-order chi connectivity index (χ1) is 14.0. The fourth-order valence-corrected chi connectivity index (χ4v) is 3.75. The number of carbonyl (C=O) groups excluding carboxylic acids is 2. The van der Waals surface area contributed by atoms with Crippen molar-refractivity contribution in [3.05, 3.63) is 95.2 Å². The molecular formula is C22H19F2N3O2. The van der Waals surface area contributed by atoms with Crippen LogP contribution in [0.15, 0.2) is 72.5 Å². The smallest absolute Gasteiger partial charge is 0.322 e. The monoisotopic (exact) mass is 395 g/mol. The Bertz CT molecular complexity index is 1020. The van der Waals surface area contributed by atoms with Gasteiger partial charge in [-0.05, 0) is 23.8 Å². The Balaban J connectivity index is 1.71. The lowest BCUT2D eigenvalue weighted by atomic mass is 9.95. The molecular weight excluding hydrogens is 376 g/mol. The third-order valence-corrected chi connectivity index (χ3v) is 5.11. The van der Waals surface area contributed by atoms with Crippen LogP contribution >= 0.6 is 0 Å². The summed E-state index contributed by atoms with van der Waals surface area (Å²) in [4.78, 5) is 28.9. The average Bonchev–Trinajstić information content (AvgIpc) is 3.02. The van der Waals surface area contributed by atoms with E-state index in [-0.39, 0.29) is 36.9 Å². The van der Waals surface area contributed by atoms with Gasteiger partial charge in [-0.15, -0.1) is 6.58 Å². The molecule has 1 unspecified atom stereocenters. The summed E-state index contributed by atoms with van der Waals surface area (Å²) in [5.41, 5.74) is 1.88. The number of hydrogen-bond acceptors (Lipinski definition) is 2. The van der Waals surface area contributed by atoms with Crippen LogP contribution in [0.25, 0.3) is 0 Å². The van der Waals surface area contributed by atoms with Crippen LogP contribution in [0.3, 0.4) is 0 Å². The number of hydrogen-bond donors (Lipinski definition) is 1. The van der Waals surface area contributed by atoms with Crippen molar-refractivity contribution < 1.29 is 18.4 Å². The molecule has 4 rings (SSSR count). The highest BCUT2D eigenvalue weighted by Crippen LogP contribution is 2.37. The summed E-state index contributed by atoms with van der Waals surface area (Å²) in [6.07, 6.45) is 1.57. The predicted molar refractivity (Wildman–Crippen MR) is 103 cm³/mol. The minimum absolute atomic E-state index is 0.206. The van der Waals surface area contributed by atoms with Crippen molar-refractivity contribution in [3.8, 4) is 0 Å². The number of carbonyl (C=O) groups is 2. The third-order valence-electron chi connectivity index (χ3n) is 5.11. The molecule has 148 valence electrons. The molecule has 0 fully saturated rings. The number of nitrogens with zero attached hydrogens (tertiary/aromatic N) is 2. The maximum Gasteiger partial charge on any atom is 0.322 e. The normalized spacial score (nSPS) is 18.8. The SMILES string of the molecule is C=CCN1C(=O)NC(c2ccccc2F)C2=C1CN(Cc1ccc(F)cc1)C2=O. The van der Waals surface area contributed by atoms with E-state index in [0.29, 0.717) is 11.3 Å². The van der Waals surface area contributed by atoms with Crippen LogP contribution in [0.5, 0.6) is 0 Å². The highest BCUT2D eigenvalue weighted by atomic mass is 19.1. The summed E-state index contributed by atoms with van der Waals surface area (Å²) in [5.74, 6) is -1.14. The molecule has 5 nitrogen and oxygen atoms in total. The molecule has 2 aromatic carbocycles. The van der Waals surface area contributed by atoms with Crippen molar-refractivity contribution in [1.82, 2.24) is 15.1 Å². The Morgan fingerprint density at radius 2 is 1.83 bits per heavy atom. The molecule has 0 aliphatic carbocycles. The molecule has 2 aromatic rings. The molecule has 3 amide bonds. The number of halogens is 2. The molecule has 2 heterocycles. The number of rotatable bonds is 5. The standard InChI is InChI=1S/C22H19F2N3O2/c1-2-11-27-18-13-26(12-14-7-9-15(23)10-8-14)21(28)19(18)20(25-22(27)29)16-5-3-4-6-17(16)24/h2-10,20H,1,11-13H2,(H,25,29). The van der Waals surface area contributed by atoms with Gasteiger partial charge in [0, 0.05) is 18.7 Å². The first-order valence-electron chi connectivity index (χ1n) is 9.19. The molecule has 1 N–H and O–H groups in total. The Labute approximate surface area is 166 Å². The van der Waals surface area contributed by atoms with E-state index >= 15 is 0 Å². The highest BCUT2D eigenvalue weighted by molar-refractivity contribution is 6.01. The Kier molecular flexibility index (Phi) is 4.88. The van der Waals surface area contributed by atoms with Crippen LogP contribution in [0, 0.1) is 11.6 Å². The van der Waals surface area contributed by atoms with Crippen LogP contribution in [-0.4, -0.2) is 34.8 Å². The van der Waals surface area contributed by atoms with Crippen LogP contribution in [0.4, 0.5) is 13.6 Å². The van der Waals surface area contributed by atoms with E-state index in [4.69, 9.17) is 0 Å². The molecule has 1 atom stereocenters. The van der Waals surface area contributed by atoms with E-state index in [1.54, 1.807) is 41.3 Å². The summed E-state index contributed by atoms with van der Waals surface area (Å²) >= 11 is 0. The van der Waals surface area contributed by atoms with Crippen molar-refractivity contribution in [2.45, 2.75) is 12.6 Å². The van der Waals surface area contributed by atoms with E-state index in [2.05, 4.69) is 11.9 Å². The molecule has 2 aliphatic rings. The third kappa shape index (κ3) is 3.40. The number of nitrogens with one attached hydrogen (secondary N) is 1. The van der Waals surface area contributed by atoms with E-state index in [1.807, 2.05) is 0 Å². The maximum absolute atomic E-state index is 14.4. The molecule has 29 heavy (non-hydrogen) atoms. The summed E-state index contributed by atoms with van der Waals surface area (Å²) in [6, 6.07) is 10.7. The quantitative estimate of drug-likeness (QED) is 0.788. The minimum atomic E-state index is -0.870. The lowest BCUT2D eigenvalue weighted by molar-refractivity contribution is -0.126. The minimum Gasteiger partial charge on any atom is -0.329 e. The fraction of sp³-hybridized carbons (Fsp3) is 0.182. The molecule has 7 heteroatoms. The van der Waals surface area contributed by atoms with Crippen molar-refractivity contribution >= 4 is 11.9 Å². The first-order valence-corrected chi connectivity index (χ1v) is 9.19. The van der Waals surface area contributed by atoms with Gasteiger partial charge in [-0.25, -0.2) is 13.6 Å². The summed E-state index contributed by atoms with van der Waals surface area (Å²) in [6.45, 7) is 4.36. The number of urea groups is 1. The zero-order chi connectivity index (χ0) is 20.5.